The Hall–Kier alpha value is -0.900. The summed E-state index contributed by atoms with van der Waals surface area (Å²) < 4.78 is 0. The van der Waals surface area contributed by atoms with Gasteiger partial charge in [0.15, 0.2) is 0 Å². The van der Waals surface area contributed by atoms with Gasteiger partial charge in [-0.15, -0.1) is 0 Å². The van der Waals surface area contributed by atoms with E-state index in [9.17, 15) is 9.59 Å². The monoisotopic (exact) mass is 158 g/mol. The van der Waals surface area contributed by atoms with Crippen LogP contribution in [0.15, 0.2) is 0 Å². The third-order valence-corrected chi connectivity index (χ3v) is 1.39. The Kier molecular flexibility index (Phi) is 4.45. The molecule has 0 aromatic heterocycles. The molecule has 0 rings (SSSR count). The van der Waals surface area contributed by atoms with Gasteiger partial charge >= 0.3 is 0 Å². The van der Waals surface area contributed by atoms with E-state index in [2.05, 4.69) is 10.6 Å². The van der Waals surface area contributed by atoms with Gasteiger partial charge in [-0.05, 0) is 14.0 Å². The van der Waals surface area contributed by atoms with Crippen LogP contribution in [0.2, 0.25) is 0 Å². The first kappa shape index (κ1) is 10.1. The lowest BCUT2D eigenvalue weighted by atomic mass is 10.2. The first-order valence-corrected chi connectivity index (χ1v) is 3.50. The first-order valence-electron chi connectivity index (χ1n) is 3.50. The quantitative estimate of drug-likeness (QED) is 0.568. The Morgan fingerprint density at radius 2 is 1.91 bits per heavy atom. The van der Waals surface area contributed by atoms with Crippen molar-refractivity contribution >= 4 is 11.7 Å². The largest absolute Gasteiger partial charge is 0.354 e. The molecule has 0 aromatic carbocycles. The van der Waals surface area contributed by atoms with E-state index in [-0.39, 0.29) is 17.7 Å². The molecule has 0 aliphatic heterocycles. The van der Waals surface area contributed by atoms with Gasteiger partial charge in [-0.3, -0.25) is 9.59 Å². The maximum Gasteiger partial charge on any atom is 0.216 e. The lowest BCUT2D eigenvalue weighted by molar-refractivity contribution is -0.120. The fraction of sp³-hybridized carbons (Fsp3) is 0.714. The van der Waals surface area contributed by atoms with Crippen LogP contribution in [0.4, 0.5) is 0 Å². The number of hydrogen-bond acceptors (Lipinski definition) is 3. The van der Waals surface area contributed by atoms with Crippen LogP contribution in [0.3, 0.4) is 0 Å². The second kappa shape index (κ2) is 4.85. The summed E-state index contributed by atoms with van der Waals surface area (Å²) in [6, 6.07) is -0.265. The highest BCUT2D eigenvalue weighted by molar-refractivity contribution is 5.82. The molecule has 0 bridgehead atoms. The van der Waals surface area contributed by atoms with Gasteiger partial charge in [0.1, 0.15) is 5.78 Å². The third-order valence-electron chi connectivity index (χ3n) is 1.39. The second-order valence-electron chi connectivity index (χ2n) is 2.39. The summed E-state index contributed by atoms with van der Waals surface area (Å²) in [6.45, 7) is 3.27. The maximum absolute atomic E-state index is 10.8. The molecule has 0 saturated carbocycles. The van der Waals surface area contributed by atoms with Gasteiger partial charge in [0.2, 0.25) is 5.91 Å². The molecule has 0 fully saturated rings. The number of Topliss-reactive ketones (excluding diaryl/α,β-unsaturated/α-hetero) is 1. The number of nitrogens with one attached hydrogen (secondary N) is 2. The van der Waals surface area contributed by atoms with Crippen molar-refractivity contribution in [2.24, 2.45) is 0 Å². The average molecular weight is 158 g/mol. The smallest absolute Gasteiger partial charge is 0.216 e. The number of hydrogen-bond donors (Lipinski definition) is 2. The molecular formula is C7H14N2O2. The zero-order chi connectivity index (χ0) is 8.85. The third kappa shape index (κ3) is 4.50. The molecule has 0 heterocycles. The van der Waals surface area contributed by atoms with Crippen LogP contribution in [0.25, 0.3) is 0 Å². The fourth-order valence-electron chi connectivity index (χ4n) is 0.695. The first-order chi connectivity index (χ1) is 5.07. The number of amides is 1. The fourth-order valence-corrected chi connectivity index (χ4v) is 0.695. The summed E-state index contributed by atoms with van der Waals surface area (Å²) >= 11 is 0. The molecule has 0 spiro atoms. The molecule has 1 amide bonds. The maximum atomic E-state index is 10.8. The van der Waals surface area contributed by atoms with Crippen LogP contribution in [0, 0.1) is 0 Å². The van der Waals surface area contributed by atoms with Crippen molar-refractivity contribution in [3.05, 3.63) is 0 Å². The SMILES string of the molecule is CNC(CNC(C)=O)C(C)=O. The van der Waals surface area contributed by atoms with Crippen molar-refractivity contribution in [1.29, 1.82) is 0 Å². The molecule has 0 aliphatic carbocycles. The van der Waals surface area contributed by atoms with Gasteiger partial charge < -0.3 is 10.6 Å². The minimum Gasteiger partial charge on any atom is -0.354 e. The highest BCUT2D eigenvalue weighted by Crippen LogP contribution is 1.81. The van der Waals surface area contributed by atoms with Crippen molar-refractivity contribution < 1.29 is 9.59 Å². The molecule has 4 nitrogen and oxygen atoms in total. The van der Waals surface area contributed by atoms with Crippen LogP contribution in [-0.4, -0.2) is 31.3 Å². The van der Waals surface area contributed by atoms with Crippen LogP contribution in [0.5, 0.6) is 0 Å². The Labute approximate surface area is 66.4 Å². The van der Waals surface area contributed by atoms with Crippen LogP contribution in [-0.2, 0) is 9.59 Å². The van der Waals surface area contributed by atoms with Crippen molar-refractivity contribution in [3.63, 3.8) is 0 Å². The van der Waals surface area contributed by atoms with Crippen molar-refractivity contribution in [3.8, 4) is 0 Å². The summed E-state index contributed by atoms with van der Waals surface area (Å²) in [6.07, 6.45) is 0. The molecular weight excluding hydrogens is 144 g/mol. The Morgan fingerprint density at radius 1 is 1.36 bits per heavy atom. The summed E-state index contributed by atoms with van der Waals surface area (Å²) in [5.41, 5.74) is 0. The molecule has 0 radical (unpaired) electrons. The summed E-state index contributed by atoms with van der Waals surface area (Å²) in [5.74, 6) is -0.0900. The van der Waals surface area contributed by atoms with E-state index in [1.165, 1.54) is 13.8 Å². The van der Waals surface area contributed by atoms with Crippen LogP contribution in [0.1, 0.15) is 13.8 Å². The van der Waals surface area contributed by atoms with Crippen molar-refractivity contribution in [2.75, 3.05) is 13.6 Å². The standard InChI is InChI=1S/C7H14N2O2/c1-5(10)7(8-3)4-9-6(2)11/h7-8H,4H2,1-3H3,(H,9,11). The molecule has 2 N–H and O–H groups in total. The normalized spacial score (nSPS) is 12.3. The molecule has 1 atom stereocenters. The van der Waals surface area contributed by atoms with E-state index in [0.29, 0.717) is 6.54 Å². The molecule has 4 heteroatoms. The summed E-state index contributed by atoms with van der Waals surface area (Å²) in [4.78, 5) is 21.2. The van der Waals surface area contributed by atoms with Gasteiger partial charge in [-0.1, -0.05) is 0 Å². The number of carbonyl (C=O) groups excluding carboxylic acids is 2. The molecule has 0 aromatic rings. The number of likely N-dealkylation sites (N-methyl/N-ethyl adjacent to an activating group) is 1. The highest BCUT2D eigenvalue weighted by Gasteiger charge is 2.10. The van der Waals surface area contributed by atoms with Gasteiger partial charge in [0.25, 0.3) is 0 Å². The minimum absolute atomic E-state index is 0.0289. The highest BCUT2D eigenvalue weighted by atomic mass is 16.1. The van der Waals surface area contributed by atoms with E-state index < -0.39 is 0 Å². The predicted molar refractivity (Wildman–Crippen MR) is 42.2 cm³/mol. The van der Waals surface area contributed by atoms with Crippen molar-refractivity contribution in [1.82, 2.24) is 10.6 Å². The minimum atomic E-state index is -0.265. The van der Waals surface area contributed by atoms with Gasteiger partial charge in [-0.2, -0.15) is 0 Å². The Morgan fingerprint density at radius 3 is 2.18 bits per heavy atom. The average Bonchev–Trinajstić information content (AvgIpc) is 1.87. The van der Waals surface area contributed by atoms with E-state index in [1.807, 2.05) is 0 Å². The van der Waals surface area contributed by atoms with Gasteiger partial charge in [0.05, 0.1) is 6.04 Å². The van der Waals surface area contributed by atoms with E-state index in [4.69, 9.17) is 0 Å². The lowest BCUT2D eigenvalue weighted by Gasteiger charge is -2.11. The number of carbonyl (C=O) groups is 2. The molecule has 11 heavy (non-hydrogen) atoms. The van der Waals surface area contributed by atoms with Crippen LogP contribution >= 0.6 is 0 Å². The van der Waals surface area contributed by atoms with Crippen molar-refractivity contribution in [2.45, 2.75) is 19.9 Å². The van der Waals surface area contributed by atoms with E-state index in [1.54, 1.807) is 7.05 Å². The number of rotatable bonds is 4. The van der Waals surface area contributed by atoms with E-state index in [0.717, 1.165) is 0 Å². The topological polar surface area (TPSA) is 58.2 Å². The second-order valence-corrected chi connectivity index (χ2v) is 2.39. The number of ketones is 1. The Bertz CT molecular complexity index is 157. The molecule has 1 unspecified atom stereocenters. The predicted octanol–water partition coefficient (Wildman–Crippen LogP) is -0.701. The van der Waals surface area contributed by atoms with E-state index >= 15 is 0 Å². The molecule has 0 saturated heterocycles. The molecule has 0 aliphatic rings. The van der Waals surface area contributed by atoms with Crippen LogP contribution < -0.4 is 10.6 Å². The lowest BCUT2D eigenvalue weighted by Crippen LogP contribution is -2.42. The zero-order valence-electron chi connectivity index (χ0n) is 7.10. The Balaban J connectivity index is 3.70. The summed E-state index contributed by atoms with van der Waals surface area (Å²) in [7, 11) is 1.69. The van der Waals surface area contributed by atoms with Gasteiger partial charge in [-0.25, -0.2) is 0 Å². The molecule has 64 valence electrons. The summed E-state index contributed by atoms with van der Waals surface area (Å²) in [5, 5.41) is 5.35. The van der Waals surface area contributed by atoms with Gasteiger partial charge in [0, 0.05) is 13.5 Å². The zero-order valence-corrected chi connectivity index (χ0v) is 7.10.